The molecule has 0 bridgehead atoms. The number of benzene rings is 1. The number of piperidine rings is 1. The molecule has 0 spiro atoms. The van der Waals surface area contributed by atoms with E-state index < -0.39 is 11.4 Å². The van der Waals surface area contributed by atoms with E-state index in [0.29, 0.717) is 24.2 Å². The van der Waals surface area contributed by atoms with Crippen LogP contribution < -0.4 is 5.32 Å². The minimum atomic E-state index is -0.909. The predicted octanol–water partition coefficient (Wildman–Crippen LogP) is 1.85. The molecule has 0 saturated carbocycles. The zero-order valence-corrected chi connectivity index (χ0v) is 14.4. The average Bonchev–Trinajstić information content (AvgIpc) is 2.81. The molecule has 1 aromatic rings. The van der Waals surface area contributed by atoms with Crippen LogP contribution in [0.5, 0.6) is 0 Å². The summed E-state index contributed by atoms with van der Waals surface area (Å²) < 4.78 is 14.1. The number of halogens is 1. The predicted molar refractivity (Wildman–Crippen MR) is 88.8 cm³/mol. The molecule has 3 rings (SSSR count). The SMILES string of the molecule is CN1C(=O)NC(C)(C2CCCN(Cc3ccc(C#N)cc3F)C2)C1=O. The maximum atomic E-state index is 14.1. The van der Waals surface area contributed by atoms with Crippen molar-refractivity contribution >= 4 is 11.9 Å². The topological polar surface area (TPSA) is 76.4 Å². The minimum absolute atomic E-state index is 0.0240. The first-order chi connectivity index (χ1) is 11.8. The summed E-state index contributed by atoms with van der Waals surface area (Å²) in [7, 11) is 1.48. The highest BCUT2D eigenvalue weighted by Gasteiger charge is 2.51. The van der Waals surface area contributed by atoms with E-state index in [-0.39, 0.29) is 17.9 Å². The molecule has 2 aliphatic heterocycles. The molecular formula is C18H21FN4O2. The van der Waals surface area contributed by atoms with Gasteiger partial charge in [-0.2, -0.15) is 5.26 Å². The van der Waals surface area contributed by atoms with Gasteiger partial charge in [0.1, 0.15) is 11.4 Å². The summed E-state index contributed by atoms with van der Waals surface area (Å²) in [5.41, 5.74) is -0.0791. The maximum Gasteiger partial charge on any atom is 0.324 e. The molecule has 2 saturated heterocycles. The van der Waals surface area contributed by atoms with Crippen molar-refractivity contribution in [3.8, 4) is 6.07 Å². The molecule has 2 heterocycles. The van der Waals surface area contributed by atoms with Crippen molar-refractivity contribution in [1.82, 2.24) is 15.1 Å². The molecule has 2 unspecified atom stereocenters. The molecule has 1 aromatic carbocycles. The summed E-state index contributed by atoms with van der Waals surface area (Å²) in [5, 5.41) is 11.6. The van der Waals surface area contributed by atoms with Gasteiger partial charge in [0.15, 0.2) is 0 Å². The number of nitrogens with one attached hydrogen (secondary N) is 1. The lowest BCUT2D eigenvalue weighted by atomic mass is 9.80. The Bertz CT molecular complexity index is 760. The highest BCUT2D eigenvalue weighted by atomic mass is 19.1. The van der Waals surface area contributed by atoms with Crippen LogP contribution in [0.25, 0.3) is 0 Å². The smallest absolute Gasteiger partial charge is 0.323 e. The second-order valence-electron chi connectivity index (χ2n) is 6.99. The van der Waals surface area contributed by atoms with Gasteiger partial charge in [0.25, 0.3) is 5.91 Å². The van der Waals surface area contributed by atoms with Gasteiger partial charge in [-0.15, -0.1) is 0 Å². The van der Waals surface area contributed by atoms with Crippen molar-refractivity contribution in [2.75, 3.05) is 20.1 Å². The third-order valence-corrected chi connectivity index (χ3v) is 5.32. The molecule has 7 heteroatoms. The first-order valence-corrected chi connectivity index (χ1v) is 8.36. The fourth-order valence-electron chi connectivity index (χ4n) is 3.73. The van der Waals surface area contributed by atoms with Crippen molar-refractivity contribution in [3.05, 3.63) is 35.1 Å². The normalized spacial score (nSPS) is 27.3. The van der Waals surface area contributed by atoms with E-state index in [4.69, 9.17) is 5.26 Å². The molecule has 2 fully saturated rings. The third-order valence-electron chi connectivity index (χ3n) is 5.32. The van der Waals surface area contributed by atoms with E-state index >= 15 is 0 Å². The molecule has 2 aliphatic rings. The van der Waals surface area contributed by atoms with Gasteiger partial charge in [-0.25, -0.2) is 9.18 Å². The van der Waals surface area contributed by atoms with Crippen molar-refractivity contribution in [1.29, 1.82) is 5.26 Å². The summed E-state index contributed by atoms with van der Waals surface area (Å²) in [6.45, 7) is 3.61. The largest absolute Gasteiger partial charge is 0.324 e. The summed E-state index contributed by atoms with van der Waals surface area (Å²) >= 11 is 0. The second-order valence-corrected chi connectivity index (χ2v) is 6.99. The van der Waals surface area contributed by atoms with Gasteiger partial charge in [-0.3, -0.25) is 14.6 Å². The number of likely N-dealkylation sites (tertiary alicyclic amines) is 1. The molecule has 0 aliphatic carbocycles. The number of rotatable bonds is 3. The van der Waals surface area contributed by atoms with Crippen LogP contribution in [-0.4, -0.2) is 47.4 Å². The molecule has 0 aromatic heterocycles. The molecule has 1 N–H and O–H groups in total. The molecule has 2 atom stereocenters. The summed E-state index contributed by atoms with van der Waals surface area (Å²) in [6.07, 6.45) is 1.72. The molecular weight excluding hydrogens is 323 g/mol. The fraction of sp³-hybridized carbons (Fsp3) is 0.500. The Kier molecular flexibility index (Phi) is 4.48. The highest BCUT2D eigenvalue weighted by molar-refractivity contribution is 6.06. The van der Waals surface area contributed by atoms with Gasteiger partial charge in [-0.05, 0) is 38.4 Å². The van der Waals surface area contributed by atoms with Crippen LogP contribution in [0.3, 0.4) is 0 Å². The Labute approximate surface area is 146 Å². The van der Waals surface area contributed by atoms with Gasteiger partial charge in [0, 0.05) is 31.6 Å². The number of amides is 3. The van der Waals surface area contributed by atoms with Crippen LogP contribution in [0.15, 0.2) is 18.2 Å². The summed E-state index contributed by atoms with van der Waals surface area (Å²) in [6, 6.07) is 6.04. The van der Waals surface area contributed by atoms with Gasteiger partial charge in [-0.1, -0.05) is 6.07 Å². The standard InChI is InChI=1S/C18H21FN4O2/c1-18(16(24)22(2)17(25)21-18)14-4-3-7-23(11-14)10-13-6-5-12(9-20)8-15(13)19/h5-6,8,14H,3-4,7,10-11H2,1-2H3,(H,21,25). The highest BCUT2D eigenvalue weighted by Crippen LogP contribution is 2.32. The Morgan fingerprint density at radius 3 is 2.80 bits per heavy atom. The number of carbonyl (C=O) groups excluding carboxylic acids is 2. The zero-order valence-electron chi connectivity index (χ0n) is 14.4. The first kappa shape index (κ1) is 17.4. The second kappa shape index (κ2) is 6.45. The van der Waals surface area contributed by atoms with Crippen LogP contribution in [-0.2, 0) is 11.3 Å². The lowest BCUT2D eigenvalue weighted by molar-refractivity contribution is -0.132. The van der Waals surface area contributed by atoms with Gasteiger partial charge in [0.2, 0.25) is 0 Å². The molecule has 0 radical (unpaired) electrons. The molecule has 3 amide bonds. The quantitative estimate of drug-likeness (QED) is 0.849. The van der Waals surface area contributed by atoms with E-state index in [2.05, 4.69) is 10.2 Å². The van der Waals surface area contributed by atoms with Crippen molar-refractivity contribution in [2.45, 2.75) is 31.8 Å². The average molecular weight is 344 g/mol. The van der Waals surface area contributed by atoms with Crippen molar-refractivity contribution in [2.24, 2.45) is 5.92 Å². The number of hydrogen-bond donors (Lipinski definition) is 1. The lowest BCUT2D eigenvalue weighted by Gasteiger charge is -2.39. The number of nitrogens with zero attached hydrogens (tertiary/aromatic N) is 3. The van der Waals surface area contributed by atoms with Crippen LogP contribution in [0.2, 0.25) is 0 Å². The van der Waals surface area contributed by atoms with Crippen LogP contribution >= 0.6 is 0 Å². The van der Waals surface area contributed by atoms with E-state index in [1.54, 1.807) is 19.1 Å². The fourth-order valence-corrected chi connectivity index (χ4v) is 3.73. The minimum Gasteiger partial charge on any atom is -0.323 e. The number of likely N-dealkylation sites (N-methyl/N-ethyl adjacent to an activating group) is 1. The number of imide groups is 1. The first-order valence-electron chi connectivity index (χ1n) is 8.36. The van der Waals surface area contributed by atoms with Gasteiger partial charge >= 0.3 is 6.03 Å². The molecule has 132 valence electrons. The zero-order chi connectivity index (χ0) is 18.2. The third kappa shape index (κ3) is 3.10. The van der Waals surface area contributed by atoms with E-state index in [0.717, 1.165) is 24.3 Å². The number of urea groups is 1. The maximum absolute atomic E-state index is 14.1. The number of nitriles is 1. The van der Waals surface area contributed by atoms with Crippen molar-refractivity contribution in [3.63, 3.8) is 0 Å². The van der Waals surface area contributed by atoms with E-state index in [1.807, 2.05) is 6.07 Å². The Morgan fingerprint density at radius 2 is 2.20 bits per heavy atom. The molecule has 6 nitrogen and oxygen atoms in total. The Hall–Kier alpha value is -2.46. The van der Waals surface area contributed by atoms with Gasteiger partial charge < -0.3 is 5.32 Å². The van der Waals surface area contributed by atoms with E-state index in [1.165, 1.54) is 13.1 Å². The Balaban J connectivity index is 1.73. The molecule has 25 heavy (non-hydrogen) atoms. The van der Waals surface area contributed by atoms with E-state index in [9.17, 15) is 14.0 Å². The van der Waals surface area contributed by atoms with Crippen LogP contribution in [0.1, 0.15) is 30.9 Å². The Morgan fingerprint density at radius 1 is 1.44 bits per heavy atom. The van der Waals surface area contributed by atoms with Crippen LogP contribution in [0, 0.1) is 23.1 Å². The number of carbonyl (C=O) groups is 2. The number of hydrogen-bond acceptors (Lipinski definition) is 4. The van der Waals surface area contributed by atoms with Crippen LogP contribution in [0.4, 0.5) is 9.18 Å². The van der Waals surface area contributed by atoms with Crippen molar-refractivity contribution < 1.29 is 14.0 Å². The van der Waals surface area contributed by atoms with Gasteiger partial charge in [0.05, 0.1) is 11.6 Å². The summed E-state index contributed by atoms with van der Waals surface area (Å²) in [4.78, 5) is 27.5. The summed E-state index contributed by atoms with van der Waals surface area (Å²) in [5.74, 6) is -0.629. The monoisotopic (exact) mass is 344 g/mol. The lowest BCUT2D eigenvalue weighted by Crippen LogP contribution is -2.55.